The molecule has 9 nitrogen and oxygen atoms in total. The normalized spacial score (nSPS) is 12.1. The first-order valence-electron chi connectivity index (χ1n) is 8.63. The Morgan fingerprint density at radius 3 is 2.38 bits per heavy atom. The predicted octanol–water partition coefficient (Wildman–Crippen LogP) is 2.64. The van der Waals surface area contributed by atoms with Crippen LogP contribution in [-0.4, -0.2) is 37.1 Å². The van der Waals surface area contributed by atoms with Gasteiger partial charge in [-0.2, -0.15) is 0 Å². The third kappa shape index (κ3) is 6.11. The van der Waals surface area contributed by atoms with E-state index in [0.29, 0.717) is 0 Å². The standard InChI is InChI=1S/C19H20N2O7S/c1-13-7-9-15(10-8-13)29(26,27)12-11-18(22)28-14(2)19(23)20-16-5-3-4-6-17(16)21(24)25/h3-10,14H,11-12H2,1-2H3,(H,20,23). The van der Waals surface area contributed by atoms with Gasteiger partial charge in [0.25, 0.3) is 11.6 Å². The van der Waals surface area contributed by atoms with Crippen LogP contribution in [0.15, 0.2) is 53.4 Å². The SMILES string of the molecule is Cc1ccc(S(=O)(=O)CCC(=O)OC(C)C(=O)Nc2ccccc2[N+](=O)[O-])cc1. The molecule has 0 spiro atoms. The van der Waals surface area contributed by atoms with Crippen LogP contribution in [-0.2, 0) is 24.2 Å². The number of hydrogen-bond acceptors (Lipinski definition) is 7. The summed E-state index contributed by atoms with van der Waals surface area (Å²) in [6, 6.07) is 11.8. The van der Waals surface area contributed by atoms with Crippen LogP contribution < -0.4 is 5.32 Å². The molecule has 0 bridgehead atoms. The highest BCUT2D eigenvalue weighted by Gasteiger charge is 2.23. The van der Waals surface area contributed by atoms with E-state index >= 15 is 0 Å². The van der Waals surface area contributed by atoms with Crippen molar-refractivity contribution in [3.05, 3.63) is 64.2 Å². The Hall–Kier alpha value is -3.27. The summed E-state index contributed by atoms with van der Waals surface area (Å²) in [6.07, 6.45) is -1.69. The van der Waals surface area contributed by atoms with Gasteiger partial charge >= 0.3 is 5.97 Å². The van der Waals surface area contributed by atoms with E-state index in [9.17, 15) is 28.1 Å². The van der Waals surface area contributed by atoms with E-state index in [4.69, 9.17) is 4.74 Å². The first-order valence-corrected chi connectivity index (χ1v) is 10.3. The van der Waals surface area contributed by atoms with Gasteiger partial charge in [-0.3, -0.25) is 19.7 Å². The summed E-state index contributed by atoms with van der Waals surface area (Å²) >= 11 is 0. The molecule has 10 heteroatoms. The lowest BCUT2D eigenvalue weighted by Crippen LogP contribution is -2.30. The first kappa shape index (κ1) is 22.0. The summed E-state index contributed by atoms with van der Waals surface area (Å²) in [5.41, 5.74) is 0.567. The topological polar surface area (TPSA) is 133 Å². The minimum absolute atomic E-state index is 0.0349. The van der Waals surface area contributed by atoms with E-state index in [2.05, 4.69) is 5.32 Å². The van der Waals surface area contributed by atoms with Crippen molar-refractivity contribution in [2.24, 2.45) is 0 Å². The Bertz CT molecular complexity index is 1020. The van der Waals surface area contributed by atoms with Crippen LogP contribution in [0.3, 0.4) is 0 Å². The van der Waals surface area contributed by atoms with Crippen LogP contribution in [0.4, 0.5) is 11.4 Å². The molecule has 1 amide bonds. The lowest BCUT2D eigenvalue weighted by Gasteiger charge is -2.13. The largest absolute Gasteiger partial charge is 0.453 e. The lowest BCUT2D eigenvalue weighted by molar-refractivity contribution is -0.383. The minimum atomic E-state index is -3.67. The third-order valence-electron chi connectivity index (χ3n) is 3.99. The van der Waals surface area contributed by atoms with Crippen molar-refractivity contribution in [3.63, 3.8) is 0 Å². The molecule has 2 rings (SSSR count). The summed E-state index contributed by atoms with van der Waals surface area (Å²) in [7, 11) is -3.67. The number of carbonyl (C=O) groups excluding carboxylic acids is 2. The molecule has 1 atom stereocenters. The minimum Gasteiger partial charge on any atom is -0.453 e. The number of esters is 1. The van der Waals surface area contributed by atoms with Crippen LogP contribution in [0.1, 0.15) is 18.9 Å². The van der Waals surface area contributed by atoms with Gasteiger partial charge in [-0.25, -0.2) is 8.42 Å². The van der Waals surface area contributed by atoms with Gasteiger partial charge in [0.1, 0.15) is 5.69 Å². The Labute approximate surface area is 167 Å². The van der Waals surface area contributed by atoms with Crippen molar-refractivity contribution in [2.45, 2.75) is 31.3 Å². The number of amides is 1. The van der Waals surface area contributed by atoms with Crippen LogP contribution >= 0.6 is 0 Å². The van der Waals surface area contributed by atoms with Gasteiger partial charge in [-0.1, -0.05) is 29.8 Å². The zero-order chi connectivity index (χ0) is 21.6. The Morgan fingerprint density at radius 2 is 1.76 bits per heavy atom. The number of ether oxygens (including phenoxy) is 1. The molecule has 0 radical (unpaired) electrons. The molecule has 154 valence electrons. The lowest BCUT2D eigenvalue weighted by atomic mass is 10.2. The number of anilines is 1. The van der Waals surface area contributed by atoms with E-state index in [1.165, 1.54) is 43.3 Å². The number of aryl methyl sites for hydroxylation is 1. The van der Waals surface area contributed by atoms with Crippen LogP contribution in [0.2, 0.25) is 0 Å². The number of hydrogen-bond donors (Lipinski definition) is 1. The van der Waals surface area contributed by atoms with Crippen molar-refractivity contribution in [1.82, 2.24) is 0 Å². The van der Waals surface area contributed by atoms with Gasteiger partial charge in [0.05, 0.1) is 22.0 Å². The van der Waals surface area contributed by atoms with Gasteiger partial charge in [-0.15, -0.1) is 0 Å². The maximum absolute atomic E-state index is 12.3. The molecule has 0 aliphatic rings. The molecule has 0 aliphatic heterocycles. The second kappa shape index (κ2) is 9.28. The second-order valence-electron chi connectivity index (χ2n) is 6.28. The highest BCUT2D eigenvalue weighted by Crippen LogP contribution is 2.23. The smallest absolute Gasteiger partial charge is 0.307 e. The number of nitrogens with zero attached hydrogens (tertiary/aromatic N) is 1. The van der Waals surface area contributed by atoms with Gasteiger partial charge in [0.2, 0.25) is 0 Å². The molecule has 1 unspecified atom stereocenters. The number of rotatable bonds is 8. The summed E-state index contributed by atoms with van der Waals surface area (Å²) in [4.78, 5) is 34.5. The number of carbonyl (C=O) groups is 2. The highest BCUT2D eigenvalue weighted by molar-refractivity contribution is 7.91. The van der Waals surface area contributed by atoms with Gasteiger partial charge in [0, 0.05) is 6.07 Å². The van der Waals surface area contributed by atoms with Gasteiger partial charge < -0.3 is 10.1 Å². The second-order valence-corrected chi connectivity index (χ2v) is 8.39. The van der Waals surface area contributed by atoms with Crippen LogP contribution in [0.5, 0.6) is 0 Å². The molecular weight excluding hydrogens is 400 g/mol. The van der Waals surface area contributed by atoms with E-state index in [1.54, 1.807) is 12.1 Å². The maximum Gasteiger partial charge on any atom is 0.307 e. The van der Waals surface area contributed by atoms with Crippen LogP contribution in [0, 0.1) is 17.0 Å². The Kier molecular flexibility index (Phi) is 7.05. The molecular formula is C19H20N2O7S. The van der Waals surface area contributed by atoms with E-state index in [0.717, 1.165) is 5.56 Å². The summed E-state index contributed by atoms with van der Waals surface area (Å²) in [5, 5.41) is 13.3. The quantitative estimate of drug-likeness (QED) is 0.394. The first-order chi connectivity index (χ1) is 13.6. The van der Waals surface area contributed by atoms with E-state index < -0.39 is 44.9 Å². The molecule has 0 aliphatic carbocycles. The summed E-state index contributed by atoms with van der Waals surface area (Å²) in [5.74, 6) is -2.10. The molecule has 0 fully saturated rings. The molecule has 0 heterocycles. The zero-order valence-electron chi connectivity index (χ0n) is 15.8. The Balaban J connectivity index is 1.92. The average Bonchev–Trinajstić information content (AvgIpc) is 2.67. The van der Waals surface area contributed by atoms with Crippen LogP contribution in [0.25, 0.3) is 0 Å². The number of sulfone groups is 1. The number of nitro benzene ring substituents is 1. The fourth-order valence-electron chi connectivity index (χ4n) is 2.36. The number of nitro groups is 1. The van der Waals surface area contributed by atoms with Gasteiger partial charge in [-0.05, 0) is 32.0 Å². The monoisotopic (exact) mass is 420 g/mol. The van der Waals surface area contributed by atoms with Crippen molar-refractivity contribution in [1.29, 1.82) is 0 Å². The maximum atomic E-state index is 12.3. The fourth-order valence-corrected chi connectivity index (χ4v) is 3.59. The van der Waals surface area contributed by atoms with Crippen molar-refractivity contribution in [2.75, 3.05) is 11.1 Å². The number of para-hydroxylation sites is 2. The zero-order valence-corrected chi connectivity index (χ0v) is 16.6. The van der Waals surface area contributed by atoms with Crippen molar-refractivity contribution >= 4 is 33.1 Å². The Morgan fingerprint density at radius 1 is 1.14 bits per heavy atom. The number of benzene rings is 2. The third-order valence-corrected chi connectivity index (χ3v) is 5.72. The summed E-state index contributed by atoms with van der Waals surface area (Å²) < 4.78 is 29.5. The average molecular weight is 420 g/mol. The van der Waals surface area contributed by atoms with Gasteiger partial charge in [0.15, 0.2) is 15.9 Å². The van der Waals surface area contributed by atoms with E-state index in [1.807, 2.05) is 6.92 Å². The van der Waals surface area contributed by atoms with Crippen molar-refractivity contribution < 1.29 is 27.7 Å². The fraction of sp³-hybridized carbons (Fsp3) is 0.263. The highest BCUT2D eigenvalue weighted by atomic mass is 32.2. The molecule has 0 aromatic heterocycles. The predicted molar refractivity (Wildman–Crippen MR) is 105 cm³/mol. The number of nitrogens with one attached hydrogen (secondary N) is 1. The van der Waals surface area contributed by atoms with Crippen molar-refractivity contribution in [3.8, 4) is 0 Å². The molecule has 2 aromatic rings. The molecule has 0 saturated heterocycles. The molecule has 0 saturated carbocycles. The molecule has 2 aromatic carbocycles. The summed E-state index contributed by atoms with van der Waals surface area (Å²) in [6.45, 7) is 3.11. The molecule has 29 heavy (non-hydrogen) atoms. The van der Waals surface area contributed by atoms with E-state index in [-0.39, 0.29) is 16.3 Å². The molecule has 1 N–H and O–H groups in total.